The monoisotopic (exact) mass is 462 g/mol. The predicted octanol–water partition coefficient (Wildman–Crippen LogP) is 3.06. The van der Waals surface area contributed by atoms with Crippen molar-refractivity contribution in [3.63, 3.8) is 0 Å². The van der Waals surface area contributed by atoms with E-state index in [2.05, 4.69) is 31.5 Å². The summed E-state index contributed by atoms with van der Waals surface area (Å²) in [6, 6.07) is 10.1. The lowest BCUT2D eigenvalue weighted by Gasteiger charge is -2.22. The van der Waals surface area contributed by atoms with Gasteiger partial charge in [0.2, 0.25) is 5.91 Å². The van der Waals surface area contributed by atoms with Gasteiger partial charge in [-0.3, -0.25) is 19.3 Å². The van der Waals surface area contributed by atoms with Gasteiger partial charge in [0.1, 0.15) is 5.82 Å². The van der Waals surface area contributed by atoms with Gasteiger partial charge in [-0.2, -0.15) is 0 Å². The van der Waals surface area contributed by atoms with Crippen LogP contribution in [0.4, 0.5) is 17.2 Å². The molecule has 1 heterocycles. The number of amides is 2. The summed E-state index contributed by atoms with van der Waals surface area (Å²) in [6.45, 7) is 2.12. The quantitative estimate of drug-likeness (QED) is 0.438. The van der Waals surface area contributed by atoms with Gasteiger partial charge in [-0.05, 0) is 37.3 Å². The lowest BCUT2D eigenvalue weighted by molar-refractivity contribution is -0.142. The highest BCUT2D eigenvalue weighted by Crippen LogP contribution is 2.25. The summed E-state index contributed by atoms with van der Waals surface area (Å²) in [5.74, 6) is -0.553. The molecule has 0 spiro atoms. The molecular formula is C20H23BrN4O4. The van der Waals surface area contributed by atoms with E-state index in [0.29, 0.717) is 22.8 Å². The number of alkyl halides is 1. The van der Waals surface area contributed by atoms with E-state index in [9.17, 15) is 14.4 Å². The molecule has 0 fully saturated rings. The minimum Gasteiger partial charge on any atom is -0.466 e. The number of ether oxygens (including phenoxy) is 1. The molecule has 154 valence electrons. The van der Waals surface area contributed by atoms with E-state index < -0.39 is 5.97 Å². The minimum atomic E-state index is -0.392. The van der Waals surface area contributed by atoms with Crippen molar-refractivity contribution in [2.24, 2.45) is 0 Å². The fourth-order valence-corrected chi connectivity index (χ4v) is 2.75. The molecule has 2 N–H and O–H groups in total. The summed E-state index contributed by atoms with van der Waals surface area (Å²) in [4.78, 5) is 42.4. The van der Waals surface area contributed by atoms with Crippen LogP contribution >= 0.6 is 15.9 Å². The van der Waals surface area contributed by atoms with E-state index in [0.717, 1.165) is 0 Å². The zero-order chi connectivity index (χ0) is 21.2. The highest BCUT2D eigenvalue weighted by atomic mass is 79.9. The first kappa shape index (κ1) is 22.4. The van der Waals surface area contributed by atoms with Crippen molar-refractivity contribution in [3.05, 3.63) is 48.2 Å². The van der Waals surface area contributed by atoms with E-state index in [1.165, 1.54) is 4.90 Å². The highest BCUT2D eigenvalue weighted by Gasteiger charge is 2.21. The summed E-state index contributed by atoms with van der Waals surface area (Å²) in [5, 5.41) is 5.85. The van der Waals surface area contributed by atoms with Crippen molar-refractivity contribution in [2.45, 2.75) is 13.3 Å². The number of nitrogens with zero attached hydrogens (tertiary/aromatic N) is 2. The van der Waals surface area contributed by atoms with Crippen LogP contribution in [0.5, 0.6) is 0 Å². The third-order valence-electron chi connectivity index (χ3n) is 3.95. The van der Waals surface area contributed by atoms with Crippen molar-refractivity contribution in [1.82, 2.24) is 4.98 Å². The fraction of sp³-hybridized carbons (Fsp3) is 0.300. The zero-order valence-electron chi connectivity index (χ0n) is 16.3. The summed E-state index contributed by atoms with van der Waals surface area (Å²) >= 11 is 3.11. The first-order chi connectivity index (χ1) is 14.0. The number of benzene rings is 1. The second kappa shape index (κ2) is 11.2. The normalized spacial score (nSPS) is 10.2. The van der Waals surface area contributed by atoms with E-state index in [-0.39, 0.29) is 36.7 Å². The molecule has 0 aliphatic rings. The predicted molar refractivity (Wildman–Crippen MR) is 116 cm³/mol. The topological polar surface area (TPSA) is 101 Å². The molecule has 8 nitrogen and oxygen atoms in total. The number of anilines is 3. The summed E-state index contributed by atoms with van der Waals surface area (Å²) in [6.07, 6.45) is 1.61. The number of nitrogens with one attached hydrogen (secondary N) is 2. The maximum Gasteiger partial charge on any atom is 0.307 e. The van der Waals surface area contributed by atoms with Crippen LogP contribution in [0.2, 0.25) is 0 Å². The lowest BCUT2D eigenvalue weighted by atomic mass is 10.1. The zero-order valence-corrected chi connectivity index (χ0v) is 17.9. The maximum atomic E-state index is 13.2. The molecule has 0 bridgehead atoms. The molecule has 0 aliphatic carbocycles. The van der Waals surface area contributed by atoms with Gasteiger partial charge >= 0.3 is 5.97 Å². The second-order valence-corrected chi connectivity index (χ2v) is 6.45. The van der Waals surface area contributed by atoms with Crippen molar-refractivity contribution in [2.75, 3.05) is 41.1 Å². The van der Waals surface area contributed by atoms with Crippen LogP contribution in [-0.2, 0) is 14.3 Å². The van der Waals surface area contributed by atoms with Crippen LogP contribution < -0.4 is 15.5 Å². The van der Waals surface area contributed by atoms with Crippen LogP contribution in [0.1, 0.15) is 23.7 Å². The molecule has 2 aromatic rings. The van der Waals surface area contributed by atoms with Gasteiger partial charge in [0.15, 0.2) is 0 Å². The van der Waals surface area contributed by atoms with Crippen LogP contribution in [0.25, 0.3) is 0 Å². The first-order valence-electron chi connectivity index (χ1n) is 9.06. The summed E-state index contributed by atoms with van der Waals surface area (Å²) in [5.41, 5.74) is 1.50. The Morgan fingerprint density at radius 1 is 1.17 bits per heavy atom. The molecule has 2 rings (SSSR count). The van der Waals surface area contributed by atoms with Crippen LogP contribution in [0, 0.1) is 0 Å². The van der Waals surface area contributed by atoms with Gasteiger partial charge in [0, 0.05) is 25.4 Å². The number of carbonyl (C=O) groups is 3. The van der Waals surface area contributed by atoms with Crippen LogP contribution in [0.3, 0.4) is 0 Å². The van der Waals surface area contributed by atoms with E-state index in [1.807, 2.05) is 0 Å². The Labute approximate surface area is 177 Å². The summed E-state index contributed by atoms with van der Waals surface area (Å²) < 4.78 is 4.96. The Balaban J connectivity index is 2.33. The number of aromatic nitrogens is 1. The van der Waals surface area contributed by atoms with Crippen molar-refractivity contribution < 1.29 is 19.1 Å². The minimum absolute atomic E-state index is 0.0396. The van der Waals surface area contributed by atoms with Crippen molar-refractivity contribution in [1.29, 1.82) is 0 Å². The number of halogens is 1. The number of pyridine rings is 1. The van der Waals surface area contributed by atoms with E-state index in [4.69, 9.17) is 4.74 Å². The number of esters is 1. The Kier molecular flexibility index (Phi) is 8.60. The van der Waals surface area contributed by atoms with Gasteiger partial charge in [0.05, 0.1) is 29.7 Å². The number of hydrogen-bond acceptors (Lipinski definition) is 6. The standard InChI is InChI=1S/C20H23BrN4O4/c1-3-29-19(27)9-11-25(17-6-4-5-10-23-17)20(28)14-7-8-15(22-2)16(12-14)24-18(26)13-21/h4-8,10,12,22H,3,9,11,13H2,1-2H3,(H,24,26). The Morgan fingerprint density at radius 2 is 1.97 bits per heavy atom. The Hall–Kier alpha value is -2.94. The van der Waals surface area contributed by atoms with E-state index in [1.54, 1.807) is 56.6 Å². The molecule has 29 heavy (non-hydrogen) atoms. The summed E-state index contributed by atoms with van der Waals surface area (Å²) in [7, 11) is 1.72. The Morgan fingerprint density at radius 3 is 2.59 bits per heavy atom. The molecule has 0 saturated carbocycles. The molecule has 0 radical (unpaired) electrons. The number of hydrogen-bond donors (Lipinski definition) is 2. The molecule has 0 aliphatic heterocycles. The van der Waals surface area contributed by atoms with Gasteiger partial charge < -0.3 is 15.4 Å². The molecule has 1 aromatic heterocycles. The molecule has 9 heteroatoms. The Bertz CT molecular complexity index is 861. The number of carbonyl (C=O) groups excluding carboxylic acids is 3. The fourth-order valence-electron chi connectivity index (χ4n) is 2.61. The van der Waals surface area contributed by atoms with E-state index >= 15 is 0 Å². The van der Waals surface area contributed by atoms with Gasteiger partial charge in [-0.1, -0.05) is 22.0 Å². The average molecular weight is 463 g/mol. The molecule has 1 aromatic carbocycles. The smallest absolute Gasteiger partial charge is 0.307 e. The number of rotatable bonds is 9. The highest BCUT2D eigenvalue weighted by molar-refractivity contribution is 9.09. The molecule has 0 unspecified atom stereocenters. The first-order valence-corrected chi connectivity index (χ1v) is 10.2. The van der Waals surface area contributed by atoms with Gasteiger partial charge in [-0.25, -0.2) is 4.98 Å². The van der Waals surface area contributed by atoms with Crippen molar-refractivity contribution >= 4 is 50.9 Å². The molecule has 0 atom stereocenters. The lowest BCUT2D eigenvalue weighted by Crippen LogP contribution is -2.34. The molecular weight excluding hydrogens is 440 g/mol. The average Bonchev–Trinajstić information content (AvgIpc) is 2.74. The third kappa shape index (κ3) is 6.28. The van der Waals surface area contributed by atoms with Crippen LogP contribution in [-0.4, -0.2) is 48.3 Å². The SMILES string of the molecule is CCOC(=O)CCN(C(=O)c1ccc(NC)c(NC(=O)CBr)c1)c1ccccn1. The largest absolute Gasteiger partial charge is 0.466 e. The maximum absolute atomic E-state index is 13.2. The van der Waals surface area contributed by atoms with Crippen molar-refractivity contribution in [3.8, 4) is 0 Å². The third-order valence-corrected chi connectivity index (χ3v) is 4.46. The van der Waals surface area contributed by atoms with Gasteiger partial charge in [-0.15, -0.1) is 0 Å². The van der Waals surface area contributed by atoms with Crippen LogP contribution in [0.15, 0.2) is 42.6 Å². The molecule has 2 amide bonds. The second-order valence-electron chi connectivity index (χ2n) is 5.89. The van der Waals surface area contributed by atoms with Gasteiger partial charge in [0.25, 0.3) is 5.91 Å². The molecule has 0 saturated heterocycles.